The zero-order valence-corrected chi connectivity index (χ0v) is 18.9. The highest BCUT2D eigenvalue weighted by atomic mass is 32.1. The number of piperazine rings is 1. The van der Waals surface area contributed by atoms with Crippen LogP contribution in [0.25, 0.3) is 16.9 Å². The molecule has 0 amide bonds. The average molecular weight is 496 g/mol. The fourth-order valence-electron chi connectivity index (χ4n) is 3.63. The Morgan fingerprint density at radius 1 is 1.38 bits per heavy atom. The molecule has 1 atom stereocenters. The standard InChI is InChI=1S/C20H19F3N6O4S/c1-3-4-7-28-14-15(29(12-5-9-34-11-12)19(32)26(2)16(14)30)25-18(28)27-8-6-24-10-13(27)33-17(31)20(21,22)23/h5,9,11,13,24H,6-8,10H2,1-2H3. The number of fused-ring (bicyclic) bond motifs is 1. The van der Waals surface area contributed by atoms with Crippen LogP contribution in [-0.2, 0) is 23.1 Å². The maximum absolute atomic E-state index is 13.1. The van der Waals surface area contributed by atoms with Crippen LogP contribution in [0.3, 0.4) is 0 Å². The average Bonchev–Trinajstić information content (AvgIpc) is 3.45. The minimum atomic E-state index is -5.17. The number of rotatable bonds is 4. The van der Waals surface area contributed by atoms with Crippen molar-refractivity contribution in [2.24, 2.45) is 7.05 Å². The van der Waals surface area contributed by atoms with Crippen LogP contribution in [0.2, 0.25) is 0 Å². The number of ether oxygens (including phenoxy) is 1. The van der Waals surface area contributed by atoms with Crippen LogP contribution in [0.4, 0.5) is 19.1 Å². The Bertz CT molecular complexity index is 1410. The number of nitrogens with one attached hydrogen (secondary N) is 1. The SMILES string of the molecule is CC#CCn1c(N2CCNCC2OC(=O)C(F)(F)F)nc2c1c(=O)n(C)c(=O)n2-c1ccsc1. The van der Waals surface area contributed by atoms with Crippen molar-refractivity contribution in [3.05, 3.63) is 37.7 Å². The van der Waals surface area contributed by atoms with Gasteiger partial charge in [-0.15, -0.1) is 5.92 Å². The summed E-state index contributed by atoms with van der Waals surface area (Å²) >= 11 is 1.34. The van der Waals surface area contributed by atoms with Gasteiger partial charge in [-0.05, 0) is 18.4 Å². The predicted octanol–water partition coefficient (Wildman–Crippen LogP) is 0.812. The molecule has 180 valence electrons. The Morgan fingerprint density at radius 3 is 2.79 bits per heavy atom. The topological polar surface area (TPSA) is 103 Å². The van der Waals surface area contributed by atoms with Gasteiger partial charge < -0.3 is 15.0 Å². The van der Waals surface area contributed by atoms with Gasteiger partial charge in [0.15, 0.2) is 17.4 Å². The van der Waals surface area contributed by atoms with E-state index in [1.165, 1.54) is 32.4 Å². The monoisotopic (exact) mass is 496 g/mol. The van der Waals surface area contributed by atoms with Gasteiger partial charge in [0.1, 0.15) is 0 Å². The summed E-state index contributed by atoms with van der Waals surface area (Å²) in [6.45, 7) is 1.96. The van der Waals surface area contributed by atoms with Crippen LogP contribution in [0.15, 0.2) is 26.4 Å². The van der Waals surface area contributed by atoms with Crippen molar-refractivity contribution in [1.82, 2.24) is 24.0 Å². The molecule has 10 nitrogen and oxygen atoms in total. The molecule has 1 aliphatic rings. The van der Waals surface area contributed by atoms with Gasteiger partial charge in [-0.2, -0.15) is 29.5 Å². The lowest BCUT2D eigenvalue weighted by molar-refractivity contribution is -0.205. The van der Waals surface area contributed by atoms with E-state index >= 15 is 0 Å². The molecule has 14 heteroatoms. The quantitative estimate of drug-likeness (QED) is 0.421. The largest absolute Gasteiger partial charge is 0.491 e. The number of carbonyl (C=O) groups is 1. The minimum absolute atomic E-state index is 0.0245. The third kappa shape index (κ3) is 4.08. The van der Waals surface area contributed by atoms with Gasteiger partial charge in [0, 0.05) is 25.5 Å². The smallest absolute Gasteiger partial charge is 0.433 e. The Hall–Kier alpha value is -3.57. The Morgan fingerprint density at radius 2 is 2.15 bits per heavy atom. The van der Waals surface area contributed by atoms with Crippen molar-refractivity contribution >= 4 is 34.4 Å². The van der Waals surface area contributed by atoms with E-state index in [1.54, 1.807) is 23.8 Å². The second-order valence-corrected chi connectivity index (χ2v) is 8.10. The Labute approximate surface area is 194 Å². The summed E-state index contributed by atoms with van der Waals surface area (Å²) in [5.74, 6) is 3.26. The van der Waals surface area contributed by atoms with E-state index in [1.807, 2.05) is 0 Å². The van der Waals surface area contributed by atoms with Crippen molar-refractivity contribution in [3.63, 3.8) is 0 Å². The third-order valence-corrected chi connectivity index (χ3v) is 5.90. The van der Waals surface area contributed by atoms with Gasteiger partial charge in [0.05, 0.1) is 18.8 Å². The molecule has 34 heavy (non-hydrogen) atoms. The van der Waals surface area contributed by atoms with E-state index in [-0.39, 0.29) is 36.7 Å². The molecular formula is C20H19F3N6O4S. The first kappa shape index (κ1) is 23.6. The first-order valence-corrected chi connectivity index (χ1v) is 11.0. The summed E-state index contributed by atoms with van der Waals surface area (Å²) in [6, 6.07) is 1.68. The molecule has 1 N–H and O–H groups in total. The van der Waals surface area contributed by atoms with Crippen LogP contribution >= 0.6 is 11.3 Å². The predicted molar refractivity (Wildman–Crippen MR) is 118 cm³/mol. The zero-order chi connectivity index (χ0) is 24.6. The molecule has 4 rings (SSSR count). The molecule has 0 bridgehead atoms. The van der Waals surface area contributed by atoms with E-state index in [2.05, 4.69) is 22.1 Å². The molecule has 3 aromatic heterocycles. The first-order chi connectivity index (χ1) is 16.1. The maximum Gasteiger partial charge on any atom is 0.491 e. The molecule has 0 saturated carbocycles. The van der Waals surface area contributed by atoms with E-state index in [9.17, 15) is 27.6 Å². The summed E-state index contributed by atoms with van der Waals surface area (Å²) in [5, 5.41) is 6.34. The number of alkyl halides is 3. The van der Waals surface area contributed by atoms with Gasteiger partial charge in [0.25, 0.3) is 5.56 Å². The second kappa shape index (κ2) is 8.99. The molecule has 4 heterocycles. The number of thiophene rings is 1. The highest BCUT2D eigenvalue weighted by Crippen LogP contribution is 2.26. The van der Waals surface area contributed by atoms with Gasteiger partial charge in [0.2, 0.25) is 5.95 Å². The lowest BCUT2D eigenvalue weighted by atomic mass is 10.3. The molecule has 1 saturated heterocycles. The number of hydrogen-bond acceptors (Lipinski definition) is 8. The van der Waals surface area contributed by atoms with E-state index in [4.69, 9.17) is 4.74 Å². The molecule has 0 spiro atoms. The van der Waals surface area contributed by atoms with Gasteiger partial charge in [-0.1, -0.05) is 5.92 Å². The number of aromatic nitrogens is 4. The van der Waals surface area contributed by atoms with Crippen LogP contribution in [0.5, 0.6) is 0 Å². The highest BCUT2D eigenvalue weighted by molar-refractivity contribution is 7.08. The van der Waals surface area contributed by atoms with Crippen LogP contribution in [0, 0.1) is 11.8 Å². The Kier molecular flexibility index (Phi) is 6.24. The number of esters is 1. The van der Waals surface area contributed by atoms with Crippen molar-refractivity contribution in [2.45, 2.75) is 25.9 Å². The van der Waals surface area contributed by atoms with E-state index in [0.29, 0.717) is 12.2 Å². The molecule has 1 aliphatic heterocycles. The van der Waals surface area contributed by atoms with E-state index in [0.717, 1.165) is 4.57 Å². The minimum Gasteiger partial charge on any atom is -0.433 e. The fourth-order valence-corrected chi connectivity index (χ4v) is 4.25. The van der Waals surface area contributed by atoms with Crippen molar-refractivity contribution in [2.75, 3.05) is 24.5 Å². The normalized spacial score (nSPS) is 16.4. The molecule has 3 aromatic rings. The van der Waals surface area contributed by atoms with Crippen LogP contribution in [0.1, 0.15) is 6.92 Å². The highest BCUT2D eigenvalue weighted by Gasteiger charge is 2.44. The van der Waals surface area contributed by atoms with Crippen LogP contribution < -0.4 is 21.5 Å². The first-order valence-electron chi connectivity index (χ1n) is 10.0. The van der Waals surface area contributed by atoms with Gasteiger partial charge in [-0.25, -0.2) is 14.2 Å². The number of hydrogen-bond donors (Lipinski definition) is 1. The molecular weight excluding hydrogens is 477 g/mol. The van der Waals surface area contributed by atoms with Gasteiger partial charge in [-0.3, -0.25) is 13.9 Å². The summed E-state index contributed by atoms with van der Waals surface area (Å²) in [6.07, 6.45) is -6.52. The van der Waals surface area contributed by atoms with E-state index < -0.39 is 29.6 Å². The summed E-state index contributed by atoms with van der Waals surface area (Å²) in [4.78, 5) is 43.5. The number of halogens is 3. The lowest BCUT2D eigenvalue weighted by Crippen LogP contribution is -2.55. The molecule has 0 radical (unpaired) electrons. The number of carbonyl (C=O) groups excluding carboxylic acids is 1. The lowest BCUT2D eigenvalue weighted by Gasteiger charge is -2.36. The fraction of sp³-hybridized carbons (Fsp3) is 0.400. The number of nitrogens with zero attached hydrogens (tertiary/aromatic N) is 5. The summed E-state index contributed by atoms with van der Waals surface area (Å²) < 4.78 is 46.9. The van der Waals surface area contributed by atoms with Crippen molar-refractivity contribution < 1.29 is 22.7 Å². The molecule has 0 aliphatic carbocycles. The molecule has 1 fully saturated rings. The molecule has 1 unspecified atom stereocenters. The second-order valence-electron chi connectivity index (χ2n) is 7.32. The third-order valence-electron chi connectivity index (χ3n) is 5.23. The van der Waals surface area contributed by atoms with Crippen molar-refractivity contribution in [1.29, 1.82) is 0 Å². The summed E-state index contributed by atoms with van der Waals surface area (Å²) in [5.41, 5.74) is -0.714. The number of anilines is 1. The van der Waals surface area contributed by atoms with Crippen LogP contribution in [-0.4, -0.2) is 56.7 Å². The molecule has 0 aromatic carbocycles. The van der Waals surface area contributed by atoms with Crippen molar-refractivity contribution in [3.8, 4) is 17.5 Å². The zero-order valence-electron chi connectivity index (χ0n) is 18.0. The Balaban J connectivity index is 1.96. The number of imidazole rings is 1. The summed E-state index contributed by atoms with van der Waals surface area (Å²) in [7, 11) is 1.33. The maximum atomic E-state index is 13.1. The van der Waals surface area contributed by atoms with Gasteiger partial charge >= 0.3 is 17.8 Å².